The summed E-state index contributed by atoms with van der Waals surface area (Å²) >= 11 is 3.04. The van der Waals surface area contributed by atoms with Crippen LogP contribution in [0.5, 0.6) is 0 Å². The van der Waals surface area contributed by atoms with Crippen molar-refractivity contribution < 1.29 is 12.8 Å². The van der Waals surface area contributed by atoms with Crippen LogP contribution < -0.4 is 4.72 Å². The van der Waals surface area contributed by atoms with E-state index in [0.717, 1.165) is 0 Å². The molecule has 0 amide bonds. The molecule has 1 aromatic carbocycles. The summed E-state index contributed by atoms with van der Waals surface area (Å²) in [5.41, 5.74) is 1.60. The highest BCUT2D eigenvalue weighted by Gasteiger charge is 2.14. The van der Waals surface area contributed by atoms with E-state index in [0.29, 0.717) is 23.4 Å². The molecule has 112 valence electrons. The lowest BCUT2D eigenvalue weighted by Crippen LogP contribution is -2.19. The van der Waals surface area contributed by atoms with E-state index in [4.69, 9.17) is 0 Å². The van der Waals surface area contributed by atoms with Crippen LogP contribution in [-0.2, 0) is 16.4 Å². The van der Waals surface area contributed by atoms with Gasteiger partial charge in [0.1, 0.15) is 5.82 Å². The van der Waals surface area contributed by atoms with E-state index in [1.54, 1.807) is 25.3 Å². The van der Waals surface area contributed by atoms with Gasteiger partial charge >= 0.3 is 0 Å². The van der Waals surface area contributed by atoms with E-state index in [-0.39, 0.29) is 10.2 Å². The number of hydrogen-bond donors (Lipinski definition) is 1. The van der Waals surface area contributed by atoms with Gasteiger partial charge in [-0.1, -0.05) is 6.07 Å². The molecule has 0 aliphatic rings. The Morgan fingerprint density at radius 2 is 2.10 bits per heavy atom. The Morgan fingerprint density at radius 1 is 1.33 bits per heavy atom. The van der Waals surface area contributed by atoms with Crippen molar-refractivity contribution in [2.24, 2.45) is 0 Å². The summed E-state index contributed by atoms with van der Waals surface area (Å²) in [4.78, 5) is 4.08. The number of nitrogens with one attached hydrogen (secondary N) is 1. The molecule has 2 aromatic rings. The fourth-order valence-electron chi connectivity index (χ4n) is 1.76. The molecule has 7 heteroatoms. The quantitative estimate of drug-likeness (QED) is 0.875. The van der Waals surface area contributed by atoms with Gasteiger partial charge in [0.25, 0.3) is 0 Å². The van der Waals surface area contributed by atoms with E-state index in [2.05, 4.69) is 25.6 Å². The van der Waals surface area contributed by atoms with Crippen LogP contribution in [0, 0.1) is 12.7 Å². The molecule has 1 heterocycles. The standard InChI is InChI=1S/C14H14BrFN2O2S/c1-10-8-13(16)12(15)9-14(10)18-21(19,20)7-5-11-4-2-3-6-17-11/h2-4,6,8-9,18H,5,7H2,1H3. The highest BCUT2D eigenvalue weighted by atomic mass is 79.9. The molecular weight excluding hydrogens is 359 g/mol. The molecule has 0 aliphatic heterocycles. The van der Waals surface area contributed by atoms with Crippen molar-refractivity contribution in [1.29, 1.82) is 0 Å². The van der Waals surface area contributed by atoms with E-state index in [9.17, 15) is 12.8 Å². The third-order valence-electron chi connectivity index (χ3n) is 2.89. The van der Waals surface area contributed by atoms with Crippen molar-refractivity contribution in [1.82, 2.24) is 4.98 Å². The molecule has 0 aliphatic carbocycles. The van der Waals surface area contributed by atoms with Crippen LogP contribution >= 0.6 is 15.9 Å². The molecule has 4 nitrogen and oxygen atoms in total. The van der Waals surface area contributed by atoms with Gasteiger partial charge in [0.05, 0.1) is 15.9 Å². The monoisotopic (exact) mass is 372 g/mol. The Morgan fingerprint density at radius 3 is 2.76 bits per heavy atom. The summed E-state index contributed by atoms with van der Waals surface area (Å²) in [5.74, 6) is -0.512. The minimum atomic E-state index is -3.52. The minimum absolute atomic E-state index is 0.0849. The largest absolute Gasteiger partial charge is 0.283 e. The molecule has 0 unspecified atom stereocenters. The van der Waals surface area contributed by atoms with Crippen molar-refractivity contribution in [2.45, 2.75) is 13.3 Å². The minimum Gasteiger partial charge on any atom is -0.283 e. The number of sulfonamides is 1. The fourth-order valence-corrected chi connectivity index (χ4v) is 3.24. The summed E-state index contributed by atoms with van der Waals surface area (Å²) < 4.78 is 40.2. The maximum Gasteiger partial charge on any atom is 0.233 e. The van der Waals surface area contributed by atoms with Crippen molar-refractivity contribution in [3.8, 4) is 0 Å². The zero-order valence-electron chi connectivity index (χ0n) is 11.3. The maximum atomic E-state index is 13.3. The Bertz CT molecular complexity index is 736. The zero-order valence-corrected chi connectivity index (χ0v) is 13.7. The molecule has 0 saturated heterocycles. The summed E-state index contributed by atoms with van der Waals surface area (Å²) in [6, 6.07) is 8.05. The predicted molar refractivity (Wildman–Crippen MR) is 84.2 cm³/mol. The summed E-state index contributed by atoms with van der Waals surface area (Å²) in [6.07, 6.45) is 1.94. The summed E-state index contributed by atoms with van der Waals surface area (Å²) in [5, 5.41) is 0. The molecule has 21 heavy (non-hydrogen) atoms. The van der Waals surface area contributed by atoms with Crippen LogP contribution in [-0.4, -0.2) is 19.2 Å². The van der Waals surface area contributed by atoms with E-state index < -0.39 is 15.8 Å². The lowest BCUT2D eigenvalue weighted by atomic mass is 10.2. The number of aromatic nitrogens is 1. The van der Waals surface area contributed by atoms with Gasteiger partial charge in [-0.3, -0.25) is 9.71 Å². The lowest BCUT2D eigenvalue weighted by Gasteiger charge is -2.11. The summed E-state index contributed by atoms with van der Waals surface area (Å²) in [7, 11) is -3.52. The first-order valence-electron chi connectivity index (χ1n) is 6.23. The topological polar surface area (TPSA) is 59.1 Å². The Balaban J connectivity index is 2.09. The molecule has 0 fully saturated rings. The van der Waals surface area contributed by atoms with Crippen molar-refractivity contribution in [3.63, 3.8) is 0 Å². The second-order valence-electron chi connectivity index (χ2n) is 4.57. The lowest BCUT2D eigenvalue weighted by molar-refractivity contribution is 0.599. The molecule has 0 atom stereocenters. The summed E-state index contributed by atoms with van der Waals surface area (Å²) in [6.45, 7) is 1.64. The van der Waals surface area contributed by atoms with Crippen LogP contribution in [0.1, 0.15) is 11.3 Å². The number of hydrogen-bond acceptors (Lipinski definition) is 3. The van der Waals surface area contributed by atoms with Crippen LogP contribution in [0.3, 0.4) is 0 Å². The normalized spacial score (nSPS) is 11.4. The van der Waals surface area contributed by atoms with Gasteiger partial charge < -0.3 is 0 Å². The van der Waals surface area contributed by atoms with E-state index in [1.165, 1.54) is 12.1 Å². The predicted octanol–water partition coefficient (Wildman–Crippen LogP) is 3.28. The number of nitrogens with zero attached hydrogens (tertiary/aromatic N) is 1. The third kappa shape index (κ3) is 4.50. The van der Waals surface area contributed by atoms with Crippen LogP contribution in [0.15, 0.2) is 41.0 Å². The molecule has 0 radical (unpaired) electrons. The zero-order chi connectivity index (χ0) is 15.5. The van der Waals surface area contributed by atoms with Gasteiger partial charge in [0.15, 0.2) is 0 Å². The van der Waals surface area contributed by atoms with Gasteiger partial charge in [-0.05, 0) is 52.7 Å². The number of aryl methyl sites for hydroxylation is 2. The van der Waals surface area contributed by atoms with Crippen LogP contribution in [0.2, 0.25) is 0 Å². The Kier molecular flexibility index (Phi) is 4.95. The Hall–Kier alpha value is -1.47. The highest BCUT2D eigenvalue weighted by Crippen LogP contribution is 2.25. The molecule has 1 N–H and O–H groups in total. The van der Waals surface area contributed by atoms with Crippen molar-refractivity contribution in [3.05, 3.63) is 58.1 Å². The molecule has 0 saturated carbocycles. The van der Waals surface area contributed by atoms with Gasteiger partial charge in [-0.15, -0.1) is 0 Å². The van der Waals surface area contributed by atoms with Gasteiger partial charge in [-0.2, -0.15) is 0 Å². The molecule has 2 rings (SSSR count). The smallest absolute Gasteiger partial charge is 0.233 e. The van der Waals surface area contributed by atoms with Crippen LogP contribution in [0.4, 0.5) is 10.1 Å². The van der Waals surface area contributed by atoms with Gasteiger partial charge in [0.2, 0.25) is 10.0 Å². The molecule has 0 spiro atoms. The van der Waals surface area contributed by atoms with E-state index in [1.807, 2.05) is 6.07 Å². The maximum absolute atomic E-state index is 13.3. The van der Waals surface area contributed by atoms with Gasteiger partial charge in [-0.25, -0.2) is 12.8 Å². The van der Waals surface area contributed by atoms with Crippen molar-refractivity contribution >= 4 is 31.6 Å². The van der Waals surface area contributed by atoms with E-state index >= 15 is 0 Å². The second kappa shape index (κ2) is 6.53. The number of benzene rings is 1. The third-order valence-corrected chi connectivity index (χ3v) is 4.77. The van der Waals surface area contributed by atoms with Crippen molar-refractivity contribution in [2.75, 3.05) is 10.5 Å². The van der Waals surface area contributed by atoms with Crippen LogP contribution in [0.25, 0.3) is 0 Å². The number of anilines is 1. The average molecular weight is 373 g/mol. The number of rotatable bonds is 5. The fraction of sp³-hybridized carbons (Fsp3) is 0.214. The molecule has 1 aromatic heterocycles. The molecule has 0 bridgehead atoms. The first-order valence-corrected chi connectivity index (χ1v) is 8.68. The first-order chi connectivity index (χ1) is 9.87. The van der Waals surface area contributed by atoms with Gasteiger partial charge in [0, 0.05) is 18.3 Å². The number of pyridine rings is 1. The molecular formula is C14H14BrFN2O2S. The second-order valence-corrected chi connectivity index (χ2v) is 7.27. The SMILES string of the molecule is Cc1cc(F)c(Br)cc1NS(=O)(=O)CCc1ccccn1. The highest BCUT2D eigenvalue weighted by molar-refractivity contribution is 9.10. The average Bonchev–Trinajstić information content (AvgIpc) is 2.44. The Labute approximate surface area is 131 Å². The number of halogens is 2. The first kappa shape index (κ1) is 15.9.